The average Bonchev–Trinajstić information content (AvgIpc) is 2.76. The fourth-order valence-electron chi connectivity index (χ4n) is 2.43. The zero-order valence-electron chi connectivity index (χ0n) is 12.1. The van der Waals surface area contributed by atoms with Crippen molar-refractivity contribution in [3.05, 3.63) is 0 Å². The molecule has 110 valence electrons. The van der Waals surface area contributed by atoms with Crippen molar-refractivity contribution >= 4 is 12.0 Å². The van der Waals surface area contributed by atoms with Crippen LogP contribution in [0.5, 0.6) is 0 Å². The highest BCUT2D eigenvalue weighted by molar-refractivity contribution is 5.76. The minimum atomic E-state index is -0.853. The summed E-state index contributed by atoms with van der Waals surface area (Å²) in [4.78, 5) is 26.9. The van der Waals surface area contributed by atoms with Gasteiger partial charge in [-0.15, -0.1) is 0 Å². The van der Waals surface area contributed by atoms with Crippen LogP contribution in [0.3, 0.4) is 0 Å². The van der Waals surface area contributed by atoms with E-state index in [0.29, 0.717) is 6.42 Å². The Kier molecular flexibility index (Phi) is 6.08. The normalized spacial score (nSPS) is 20.6. The lowest BCUT2D eigenvalue weighted by molar-refractivity contribution is -0.141. The molecule has 0 radical (unpaired) electrons. The van der Waals surface area contributed by atoms with E-state index in [4.69, 9.17) is 5.11 Å². The van der Waals surface area contributed by atoms with E-state index in [0.717, 1.165) is 25.9 Å². The van der Waals surface area contributed by atoms with Gasteiger partial charge in [-0.3, -0.25) is 4.79 Å². The second-order valence-corrected chi connectivity index (χ2v) is 5.38. The number of nitrogens with zero attached hydrogens (tertiary/aromatic N) is 2. The first-order valence-electron chi connectivity index (χ1n) is 6.87. The first kappa shape index (κ1) is 15.8. The smallest absolute Gasteiger partial charge is 0.317 e. The van der Waals surface area contributed by atoms with Crippen molar-refractivity contribution in [3.63, 3.8) is 0 Å². The van der Waals surface area contributed by atoms with Gasteiger partial charge in [0.1, 0.15) is 0 Å². The van der Waals surface area contributed by atoms with Gasteiger partial charge in [0, 0.05) is 25.7 Å². The SMILES string of the molecule is CCC(CNC(=O)N1CCCC1CN(C)C)C(=O)O. The predicted molar refractivity (Wildman–Crippen MR) is 73.1 cm³/mol. The highest BCUT2D eigenvalue weighted by Gasteiger charge is 2.29. The summed E-state index contributed by atoms with van der Waals surface area (Å²) in [5, 5.41) is 11.7. The Bertz CT molecular complexity index is 320. The Morgan fingerprint density at radius 3 is 2.68 bits per heavy atom. The minimum absolute atomic E-state index is 0.135. The molecular formula is C13H25N3O3. The van der Waals surface area contributed by atoms with Crippen molar-refractivity contribution in [1.29, 1.82) is 0 Å². The predicted octanol–water partition coefficient (Wildman–Crippen LogP) is 0.833. The van der Waals surface area contributed by atoms with Crippen LogP contribution in [0.15, 0.2) is 0 Å². The monoisotopic (exact) mass is 271 g/mol. The van der Waals surface area contributed by atoms with Crippen LogP contribution < -0.4 is 5.32 Å². The molecule has 0 aromatic heterocycles. The van der Waals surface area contributed by atoms with Crippen molar-refractivity contribution in [1.82, 2.24) is 15.1 Å². The van der Waals surface area contributed by atoms with Crippen molar-refractivity contribution in [2.75, 3.05) is 33.7 Å². The first-order chi connectivity index (χ1) is 8.95. The van der Waals surface area contributed by atoms with E-state index in [1.807, 2.05) is 25.9 Å². The Morgan fingerprint density at radius 2 is 2.16 bits per heavy atom. The number of hydrogen-bond acceptors (Lipinski definition) is 3. The Labute approximate surface area is 114 Å². The van der Waals surface area contributed by atoms with Crippen molar-refractivity contribution in [3.8, 4) is 0 Å². The largest absolute Gasteiger partial charge is 0.481 e. The molecule has 0 saturated carbocycles. The summed E-state index contributed by atoms with van der Waals surface area (Å²) < 4.78 is 0. The molecular weight excluding hydrogens is 246 g/mol. The number of carboxylic acids is 1. The third kappa shape index (κ3) is 4.70. The van der Waals surface area contributed by atoms with Gasteiger partial charge in [-0.1, -0.05) is 6.92 Å². The zero-order chi connectivity index (χ0) is 14.4. The topological polar surface area (TPSA) is 72.9 Å². The third-order valence-electron chi connectivity index (χ3n) is 3.56. The molecule has 1 rings (SSSR count). The van der Waals surface area contributed by atoms with Gasteiger partial charge in [0.15, 0.2) is 0 Å². The molecule has 0 spiro atoms. The quantitative estimate of drug-likeness (QED) is 0.750. The zero-order valence-corrected chi connectivity index (χ0v) is 12.1. The van der Waals surface area contributed by atoms with Gasteiger partial charge in [0.05, 0.1) is 5.92 Å². The molecule has 19 heavy (non-hydrogen) atoms. The molecule has 1 saturated heterocycles. The number of carbonyl (C=O) groups is 2. The fraction of sp³-hybridized carbons (Fsp3) is 0.846. The molecule has 2 unspecified atom stereocenters. The summed E-state index contributed by atoms with van der Waals surface area (Å²) in [6, 6.07) is 0.101. The van der Waals surface area contributed by atoms with Gasteiger partial charge in [-0.05, 0) is 33.4 Å². The van der Waals surface area contributed by atoms with Gasteiger partial charge in [-0.25, -0.2) is 4.79 Å². The van der Waals surface area contributed by atoms with Crippen LogP contribution in [0.4, 0.5) is 4.79 Å². The van der Waals surface area contributed by atoms with Crippen LogP contribution in [0, 0.1) is 5.92 Å². The third-order valence-corrected chi connectivity index (χ3v) is 3.56. The Hall–Kier alpha value is -1.30. The van der Waals surface area contributed by atoms with Crippen molar-refractivity contribution in [2.24, 2.45) is 5.92 Å². The highest BCUT2D eigenvalue weighted by Crippen LogP contribution is 2.17. The summed E-state index contributed by atoms with van der Waals surface area (Å²) in [6.07, 6.45) is 2.56. The molecule has 0 aromatic rings. The highest BCUT2D eigenvalue weighted by atomic mass is 16.4. The number of hydrogen-bond donors (Lipinski definition) is 2. The van der Waals surface area contributed by atoms with Gasteiger partial charge >= 0.3 is 12.0 Å². The lowest BCUT2D eigenvalue weighted by Crippen LogP contribution is -2.47. The molecule has 2 atom stereocenters. The molecule has 1 fully saturated rings. The van der Waals surface area contributed by atoms with E-state index < -0.39 is 11.9 Å². The van der Waals surface area contributed by atoms with Crippen molar-refractivity contribution < 1.29 is 14.7 Å². The molecule has 0 aromatic carbocycles. The summed E-state index contributed by atoms with van der Waals surface area (Å²) >= 11 is 0. The van der Waals surface area contributed by atoms with Crippen LogP contribution in [-0.2, 0) is 4.79 Å². The van der Waals surface area contributed by atoms with Crippen LogP contribution in [0.25, 0.3) is 0 Å². The number of nitrogens with one attached hydrogen (secondary N) is 1. The summed E-state index contributed by atoms with van der Waals surface area (Å²) in [7, 11) is 3.98. The summed E-state index contributed by atoms with van der Waals surface area (Å²) in [5.41, 5.74) is 0. The van der Waals surface area contributed by atoms with E-state index in [-0.39, 0.29) is 18.6 Å². The lowest BCUT2D eigenvalue weighted by Gasteiger charge is -2.27. The second kappa shape index (κ2) is 7.33. The van der Waals surface area contributed by atoms with Gasteiger partial charge in [0.2, 0.25) is 0 Å². The number of rotatable bonds is 6. The summed E-state index contributed by atoms with van der Waals surface area (Å²) in [6.45, 7) is 3.63. The molecule has 6 nitrogen and oxygen atoms in total. The number of likely N-dealkylation sites (tertiary alicyclic amines) is 1. The molecule has 1 aliphatic heterocycles. The van der Waals surface area contributed by atoms with Crippen molar-refractivity contribution in [2.45, 2.75) is 32.2 Å². The maximum Gasteiger partial charge on any atom is 0.317 e. The van der Waals surface area contributed by atoms with Gasteiger partial charge in [-0.2, -0.15) is 0 Å². The van der Waals surface area contributed by atoms with Gasteiger partial charge < -0.3 is 20.2 Å². The van der Waals surface area contributed by atoms with E-state index in [1.165, 1.54) is 0 Å². The van der Waals surface area contributed by atoms with Crippen LogP contribution in [-0.4, -0.2) is 66.7 Å². The fourth-order valence-corrected chi connectivity index (χ4v) is 2.43. The average molecular weight is 271 g/mol. The summed E-state index contributed by atoms with van der Waals surface area (Å²) in [5.74, 6) is -1.35. The first-order valence-corrected chi connectivity index (χ1v) is 6.87. The standard InChI is InChI=1S/C13H25N3O3/c1-4-10(12(17)18)8-14-13(19)16-7-5-6-11(16)9-15(2)3/h10-11H,4-9H2,1-3H3,(H,14,19)(H,17,18). The molecule has 1 aliphatic rings. The van der Waals surface area contributed by atoms with Gasteiger partial charge in [0.25, 0.3) is 0 Å². The van der Waals surface area contributed by atoms with E-state index in [2.05, 4.69) is 10.2 Å². The number of aliphatic carboxylic acids is 1. The molecule has 0 bridgehead atoms. The number of urea groups is 1. The second-order valence-electron chi connectivity index (χ2n) is 5.38. The van der Waals surface area contributed by atoms with Crippen LogP contribution >= 0.6 is 0 Å². The molecule has 2 amide bonds. The number of amides is 2. The Balaban J connectivity index is 2.46. The number of carbonyl (C=O) groups excluding carboxylic acids is 1. The lowest BCUT2D eigenvalue weighted by atomic mass is 10.1. The molecule has 2 N–H and O–H groups in total. The molecule has 6 heteroatoms. The van der Waals surface area contributed by atoms with E-state index >= 15 is 0 Å². The minimum Gasteiger partial charge on any atom is -0.481 e. The van der Waals surface area contributed by atoms with E-state index in [9.17, 15) is 9.59 Å². The van der Waals surface area contributed by atoms with E-state index in [1.54, 1.807) is 0 Å². The molecule has 1 heterocycles. The molecule has 0 aliphatic carbocycles. The maximum atomic E-state index is 12.1. The number of carboxylic acid groups (broad SMARTS) is 1. The Morgan fingerprint density at radius 1 is 1.47 bits per heavy atom. The van der Waals surface area contributed by atoms with Crippen LogP contribution in [0.1, 0.15) is 26.2 Å². The maximum absolute atomic E-state index is 12.1. The van der Waals surface area contributed by atoms with Crippen LogP contribution in [0.2, 0.25) is 0 Å². The number of likely N-dealkylation sites (N-methyl/N-ethyl adjacent to an activating group) is 1.